The van der Waals surface area contributed by atoms with Crippen molar-refractivity contribution in [3.05, 3.63) is 150 Å². The standard InChI is InChI=1S/C37H29N9O2/c1-43-32(24-45-19-5-3-7-34(43)45)28-13-9-26(10-14-28)21-39-41-36(47)30-17-18-31(38-23-30)37(48)42-40-22-27-11-15-29(16-12-27)33-25-46-20-6-4-8-35(46)44(33)2/h3-25H,1-2H3/p+2/b39-21-,40-22-. The minimum atomic E-state index is -0.495. The van der Waals surface area contributed by atoms with E-state index in [1.54, 1.807) is 12.4 Å². The Kier molecular flexibility index (Phi) is 8.06. The van der Waals surface area contributed by atoms with Crippen LogP contribution in [0, 0.1) is 0 Å². The molecule has 7 rings (SSSR count). The Labute approximate surface area is 275 Å². The molecule has 5 aromatic heterocycles. The lowest BCUT2D eigenvalue weighted by molar-refractivity contribution is -0.633. The Morgan fingerprint density at radius 1 is 0.646 bits per heavy atom. The molecule has 7 aromatic rings. The van der Waals surface area contributed by atoms with Crippen molar-refractivity contribution in [2.75, 3.05) is 0 Å². The number of aryl methyl sites for hydroxylation is 2. The number of hydrazone groups is 2. The number of imidazole rings is 2. The van der Waals surface area contributed by atoms with Crippen molar-refractivity contribution in [2.24, 2.45) is 24.3 Å². The summed E-state index contributed by atoms with van der Waals surface area (Å²) in [5.74, 6) is -0.941. The number of hydrogen-bond acceptors (Lipinski definition) is 5. The van der Waals surface area contributed by atoms with Gasteiger partial charge in [0.15, 0.2) is 11.4 Å². The van der Waals surface area contributed by atoms with Gasteiger partial charge in [-0.25, -0.2) is 28.8 Å². The Morgan fingerprint density at radius 3 is 1.60 bits per heavy atom. The van der Waals surface area contributed by atoms with E-state index in [0.717, 1.165) is 44.9 Å². The first-order valence-corrected chi connectivity index (χ1v) is 15.2. The Bertz CT molecular complexity index is 2170. The summed E-state index contributed by atoms with van der Waals surface area (Å²) in [6, 6.07) is 30.9. The molecule has 0 unspecified atom stereocenters. The third kappa shape index (κ3) is 6.07. The van der Waals surface area contributed by atoms with Gasteiger partial charge in [-0.2, -0.15) is 10.2 Å². The number of pyridine rings is 3. The highest BCUT2D eigenvalue weighted by Crippen LogP contribution is 2.19. The molecule has 0 bridgehead atoms. The fourth-order valence-electron chi connectivity index (χ4n) is 5.50. The van der Waals surface area contributed by atoms with Crippen LogP contribution in [0.2, 0.25) is 0 Å². The third-order valence-electron chi connectivity index (χ3n) is 8.10. The third-order valence-corrected chi connectivity index (χ3v) is 8.10. The summed E-state index contributed by atoms with van der Waals surface area (Å²) in [5.41, 5.74) is 13.5. The van der Waals surface area contributed by atoms with Gasteiger partial charge in [0.05, 0.1) is 44.5 Å². The van der Waals surface area contributed by atoms with E-state index in [1.807, 2.05) is 99.3 Å². The van der Waals surface area contributed by atoms with E-state index in [9.17, 15) is 9.59 Å². The molecule has 48 heavy (non-hydrogen) atoms. The average molecular weight is 634 g/mol. The lowest BCUT2D eigenvalue weighted by atomic mass is 10.1. The highest BCUT2D eigenvalue weighted by Gasteiger charge is 2.16. The average Bonchev–Trinajstić information content (AvgIpc) is 3.65. The van der Waals surface area contributed by atoms with Gasteiger partial charge in [0, 0.05) is 29.5 Å². The normalized spacial score (nSPS) is 11.5. The molecule has 5 heterocycles. The Balaban J connectivity index is 0.911. The molecule has 0 spiro atoms. The van der Waals surface area contributed by atoms with Gasteiger partial charge in [-0.15, -0.1) is 0 Å². The number of aromatic nitrogens is 5. The molecule has 0 aliphatic rings. The van der Waals surface area contributed by atoms with Crippen LogP contribution in [0.25, 0.3) is 33.8 Å². The summed E-state index contributed by atoms with van der Waals surface area (Å²) in [5, 5.41) is 8.14. The first kappa shape index (κ1) is 29.9. The van der Waals surface area contributed by atoms with Crippen molar-refractivity contribution in [2.45, 2.75) is 0 Å². The van der Waals surface area contributed by atoms with E-state index in [2.05, 4.69) is 68.5 Å². The number of benzene rings is 2. The van der Waals surface area contributed by atoms with E-state index in [-0.39, 0.29) is 11.3 Å². The van der Waals surface area contributed by atoms with Crippen molar-refractivity contribution in [3.63, 3.8) is 0 Å². The van der Waals surface area contributed by atoms with Gasteiger partial charge >= 0.3 is 0 Å². The summed E-state index contributed by atoms with van der Waals surface area (Å²) in [6.45, 7) is 0. The molecule has 2 aromatic carbocycles. The number of carbonyl (C=O) groups is 2. The lowest BCUT2D eigenvalue weighted by Crippen LogP contribution is -2.29. The number of hydrogen-bond donors (Lipinski definition) is 2. The van der Waals surface area contributed by atoms with E-state index in [1.165, 1.54) is 18.3 Å². The summed E-state index contributed by atoms with van der Waals surface area (Å²) in [6.07, 6.45) is 12.7. The number of fused-ring (bicyclic) bond motifs is 2. The topological polar surface area (TPSA) is 112 Å². The maximum absolute atomic E-state index is 12.6. The van der Waals surface area contributed by atoms with E-state index >= 15 is 0 Å². The van der Waals surface area contributed by atoms with E-state index < -0.39 is 11.8 Å². The first-order valence-electron chi connectivity index (χ1n) is 15.2. The lowest BCUT2D eigenvalue weighted by Gasteiger charge is -2.02. The van der Waals surface area contributed by atoms with Crippen LogP contribution in [-0.2, 0) is 14.1 Å². The highest BCUT2D eigenvalue weighted by atomic mass is 16.2. The second kappa shape index (κ2) is 12.9. The van der Waals surface area contributed by atoms with Gasteiger partial charge in [0.2, 0.25) is 0 Å². The number of carbonyl (C=O) groups excluding carboxylic acids is 2. The predicted octanol–water partition coefficient (Wildman–Crippen LogP) is 4.10. The molecule has 0 fully saturated rings. The van der Waals surface area contributed by atoms with Gasteiger partial charge in [-0.1, -0.05) is 36.4 Å². The van der Waals surface area contributed by atoms with Gasteiger partial charge in [-0.3, -0.25) is 14.6 Å². The van der Waals surface area contributed by atoms with Crippen LogP contribution in [0.5, 0.6) is 0 Å². The number of nitrogens with one attached hydrogen (secondary N) is 2. The van der Waals surface area contributed by atoms with Crippen molar-refractivity contribution in [1.82, 2.24) is 24.6 Å². The SMILES string of the molecule is C[n+]1c(-c2ccc(/C=N\NC(=O)c3ccc(C(=O)N/N=C\c4ccc(-c5cn6ccccc6[n+]5C)cc4)nc3)cc2)cn2ccccc21. The summed E-state index contributed by atoms with van der Waals surface area (Å²) in [4.78, 5) is 29.3. The van der Waals surface area contributed by atoms with Crippen LogP contribution in [0.1, 0.15) is 32.0 Å². The molecule has 0 atom stereocenters. The second-order valence-electron chi connectivity index (χ2n) is 11.2. The summed E-state index contributed by atoms with van der Waals surface area (Å²) >= 11 is 0. The predicted molar refractivity (Wildman–Crippen MR) is 182 cm³/mol. The zero-order chi connectivity index (χ0) is 33.0. The second-order valence-corrected chi connectivity index (χ2v) is 11.2. The molecule has 0 saturated heterocycles. The van der Waals surface area contributed by atoms with Gasteiger partial charge in [0.1, 0.15) is 18.1 Å². The minimum absolute atomic E-state index is 0.125. The van der Waals surface area contributed by atoms with Crippen LogP contribution < -0.4 is 20.0 Å². The summed E-state index contributed by atoms with van der Waals surface area (Å²) in [7, 11) is 4.06. The van der Waals surface area contributed by atoms with Gasteiger partial charge in [-0.05, 0) is 59.7 Å². The molecular weight excluding hydrogens is 602 g/mol. The van der Waals surface area contributed by atoms with E-state index in [0.29, 0.717) is 0 Å². The van der Waals surface area contributed by atoms with Crippen LogP contribution in [0.3, 0.4) is 0 Å². The molecule has 0 aliphatic carbocycles. The van der Waals surface area contributed by atoms with E-state index in [4.69, 9.17) is 0 Å². The molecule has 2 amide bonds. The highest BCUT2D eigenvalue weighted by molar-refractivity contribution is 5.97. The summed E-state index contributed by atoms with van der Waals surface area (Å²) < 4.78 is 8.42. The zero-order valence-electron chi connectivity index (χ0n) is 26.2. The molecule has 11 heteroatoms. The Hall–Kier alpha value is -6.75. The molecule has 11 nitrogen and oxygen atoms in total. The molecule has 0 saturated carbocycles. The largest absolute Gasteiger partial charge is 0.289 e. The molecular formula is C37H31N9O2+2. The maximum atomic E-state index is 12.6. The number of amides is 2. The number of rotatable bonds is 8. The molecule has 0 radical (unpaired) electrons. The van der Waals surface area contributed by atoms with Crippen molar-refractivity contribution in [3.8, 4) is 22.5 Å². The maximum Gasteiger partial charge on any atom is 0.289 e. The van der Waals surface area contributed by atoms with Gasteiger partial charge < -0.3 is 0 Å². The van der Waals surface area contributed by atoms with Crippen molar-refractivity contribution in [1.29, 1.82) is 0 Å². The molecule has 2 N–H and O–H groups in total. The fourth-order valence-corrected chi connectivity index (χ4v) is 5.50. The fraction of sp³-hybridized carbons (Fsp3) is 0.0541. The zero-order valence-corrected chi connectivity index (χ0v) is 26.2. The van der Waals surface area contributed by atoms with Crippen LogP contribution in [-0.4, -0.2) is 38.0 Å². The number of nitrogens with zero attached hydrogens (tertiary/aromatic N) is 7. The minimum Gasteiger partial charge on any atom is -0.267 e. The smallest absolute Gasteiger partial charge is 0.267 e. The monoisotopic (exact) mass is 633 g/mol. The van der Waals surface area contributed by atoms with Crippen molar-refractivity contribution < 1.29 is 18.7 Å². The molecule has 0 aliphatic heterocycles. The van der Waals surface area contributed by atoms with Crippen LogP contribution in [0.15, 0.2) is 138 Å². The van der Waals surface area contributed by atoms with Crippen LogP contribution >= 0.6 is 0 Å². The Morgan fingerprint density at radius 2 is 1.15 bits per heavy atom. The van der Waals surface area contributed by atoms with Gasteiger partial charge in [0.25, 0.3) is 23.1 Å². The van der Waals surface area contributed by atoms with Crippen molar-refractivity contribution >= 4 is 35.5 Å². The van der Waals surface area contributed by atoms with Crippen LogP contribution in [0.4, 0.5) is 0 Å². The first-order chi connectivity index (χ1) is 23.4. The molecule has 234 valence electrons. The quantitative estimate of drug-likeness (QED) is 0.149.